The molecule has 0 aliphatic heterocycles. The molecule has 0 saturated carbocycles. The zero-order valence-electron chi connectivity index (χ0n) is 7.21. The Kier molecular flexibility index (Phi) is 3.11. The average molecular weight is 255 g/mol. The van der Waals surface area contributed by atoms with Gasteiger partial charge in [-0.2, -0.15) is 13.2 Å². The molecule has 0 radical (unpaired) electrons. The normalized spacial score (nSPS) is 11.4. The van der Waals surface area contributed by atoms with E-state index in [2.05, 4.69) is 4.98 Å². The second kappa shape index (κ2) is 3.86. The molecule has 2 N–H and O–H groups in total. The summed E-state index contributed by atoms with van der Waals surface area (Å²) in [6.45, 7) is 0. The predicted octanol–water partition coefficient (Wildman–Crippen LogP) is 3.32. The molecule has 2 rings (SSSR count). The SMILES string of the molecule is Cl.Nc1nc2c(C(F)(F)F)cccc2s1. The fraction of sp³-hybridized carbons (Fsp3) is 0.125. The molecule has 0 aliphatic carbocycles. The van der Waals surface area contributed by atoms with E-state index in [-0.39, 0.29) is 23.1 Å². The number of nitrogens with two attached hydrogens (primary N) is 1. The van der Waals surface area contributed by atoms with Gasteiger partial charge in [0.2, 0.25) is 0 Å². The van der Waals surface area contributed by atoms with Gasteiger partial charge >= 0.3 is 6.18 Å². The summed E-state index contributed by atoms with van der Waals surface area (Å²) in [5.74, 6) is 0. The van der Waals surface area contributed by atoms with E-state index in [9.17, 15) is 13.2 Å². The van der Waals surface area contributed by atoms with Crippen molar-refractivity contribution in [3.05, 3.63) is 23.8 Å². The highest BCUT2D eigenvalue weighted by atomic mass is 35.5. The smallest absolute Gasteiger partial charge is 0.375 e. The first kappa shape index (κ1) is 12.1. The molecule has 0 aliphatic rings. The summed E-state index contributed by atoms with van der Waals surface area (Å²) in [6.07, 6.45) is -4.37. The zero-order valence-corrected chi connectivity index (χ0v) is 8.84. The summed E-state index contributed by atoms with van der Waals surface area (Å²) in [6, 6.07) is 3.92. The fourth-order valence-electron chi connectivity index (χ4n) is 1.19. The molecule has 82 valence electrons. The summed E-state index contributed by atoms with van der Waals surface area (Å²) < 4.78 is 37.8. The second-order valence-corrected chi connectivity index (χ2v) is 3.76. The van der Waals surface area contributed by atoms with Crippen LogP contribution in [0.3, 0.4) is 0 Å². The number of thiazole rings is 1. The standard InChI is InChI=1S/C8H5F3N2S.ClH/c9-8(10,11)4-2-1-3-5-6(4)13-7(12)14-5;/h1-3H,(H2,12,13);1H. The van der Waals surface area contributed by atoms with Gasteiger partial charge in [-0.25, -0.2) is 4.98 Å². The van der Waals surface area contributed by atoms with Crippen molar-refractivity contribution in [2.24, 2.45) is 0 Å². The summed E-state index contributed by atoms with van der Waals surface area (Å²) in [4.78, 5) is 3.66. The lowest BCUT2D eigenvalue weighted by Gasteiger charge is -2.05. The van der Waals surface area contributed by atoms with Crippen LogP contribution in [0.2, 0.25) is 0 Å². The van der Waals surface area contributed by atoms with E-state index in [4.69, 9.17) is 5.73 Å². The average Bonchev–Trinajstić information content (AvgIpc) is 2.41. The molecule has 1 heterocycles. The van der Waals surface area contributed by atoms with Crippen LogP contribution in [-0.2, 0) is 6.18 Å². The summed E-state index contributed by atoms with van der Waals surface area (Å²) in [7, 11) is 0. The van der Waals surface area contributed by atoms with Gasteiger partial charge in [0, 0.05) is 0 Å². The predicted molar refractivity (Wildman–Crippen MR) is 56.3 cm³/mol. The lowest BCUT2D eigenvalue weighted by molar-refractivity contribution is -0.136. The summed E-state index contributed by atoms with van der Waals surface area (Å²) in [5.41, 5.74) is 4.54. The van der Waals surface area contributed by atoms with Gasteiger partial charge in [-0.3, -0.25) is 0 Å². The lowest BCUT2D eigenvalue weighted by Crippen LogP contribution is -2.05. The fourth-order valence-corrected chi connectivity index (χ4v) is 1.96. The molecule has 0 atom stereocenters. The number of anilines is 1. The van der Waals surface area contributed by atoms with Crippen LogP contribution in [0.15, 0.2) is 18.2 Å². The minimum absolute atomic E-state index is 0. The van der Waals surface area contributed by atoms with E-state index in [1.807, 2.05) is 0 Å². The zero-order chi connectivity index (χ0) is 10.3. The van der Waals surface area contributed by atoms with Crippen molar-refractivity contribution in [2.45, 2.75) is 6.18 Å². The highest BCUT2D eigenvalue weighted by Crippen LogP contribution is 2.36. The second-order valence-electron chi connectivity index (χ2n) is 2.70. The molecule has 0 unspecified atom stereocenters. The summed E-state index contributed by atoms with van der Waals surface area (Å²) >= 11 is 1.05. The first-order valence-electron chi connectivity index (χ1n) is 3.71. The van der Waals surface area contributed by atoms with Crippen molar-refractivity contribution in [1.82, 2.24) is 4.98 Å². The van der Waals surface area contributed by atoms with Crippen molar-refractivity contribution in [3.63, 3.8) is 0 Å². The molecule has 0 bridgehead atoms. The number of alkyl halides is 3. The number of hydrogen-bond donors (Lipinski definition) is 1. The van der Waals surface area contributed by atoms with Gasteiger partial charge in [-0.15, -0.1) is 12.4 Å². The van der Waals surface area contributed by atoms with Crippen LogP contribution in [0, 0.1) is 0 Å². The monoisotopic (exact) mass is 254 g/mol. The molecule has 2 nitrogen and oxygen atoms in total. The number of hydrogen-bond acceptors (Lipinski definition) is 3. The molecular formula is C8H6ClF3N2S. The van der Waals surface area contributed by atoms with Gasteiger partial charge in [0.15, 0.2) is 5.13 Å². The Morgan fingerprint density at radius 2 is 1.93 bits per heavy atom. The highest BCUT2D eigenvalue weighted by molar-refractivity contribution is 7.22. The van der Waals surface area contributed by atoms with Crippen molar-refractivity contribution >= 4 is 39.1 Å². The first-order valence-corrected chi connectivity index (χ1v) is 4.52. The van der Waals surface area contributed by atoms with Gasteiger partial charge in [0.05, 0.1) is 15.8 Å². The number of halogens is 4. The molecule has 15 heavy (non-hydrogen) atoms. The van der Waals surface area contributed by atoms with E-state index in [0.717, 1.165) is 17.4 Å². The maximum Gasteiger partial charge on any atom is 0.418 e. The number of para-hydroxylation sites is 1. The molecular weight excluding hydrogens is 249 g/mol. The van der Waals surface area contributed by atoms with Gasteiger partial charge in [0.25, 0.3) is 0 Å². The van der Waals surface area contributed by atoms with Crippen LogP contribution in [0.4, 0.5) is 18.3 Å². The number of nitrogen functional groups attached to an aromatic ring is 1. The van der Waals surface area contributed by atoms with E-state index >= 15 is 0 Å². The van der Waals surface area contributed by atoms with Crippen molar-refractivity contribution in [2.75, 3.05) is 5.73 Å². The molecule has 0 amide bonds. The Bertz CT molecular complexity index is 480. The van der Waals surface area contributed by atoms with Gasteiger partial charge in [0.1, 0.15) is 0 Å². The molecule has 0 saturated heterocycles. The third-order valence-corrected chi connectivity index (χ3v) is 2.59. The Hall–Kier alpha value is -1.01. The van der Waals surface area contributed by atoms with Crippen LogP contribution in [0.25, 0.3) is 10.2 Å². The molecule has 2 aromatic rings. The lowest BCUT2D eigenvalue weighted by atomic mass is 10.2. The Balaban J connectivity index is 0.00000112. The van der Waals surface area contributed by atoms with Gasteiger partial charge in [-0.05, 0) is 12.1 Å². The number of aromatic nitrogens is 1. The Morgan fingerprint density at radius 1 is 1.27 bits per heavy atom. The van der Waals surface area contributed by atoms with Crippen LogP contribution in [0.1, 0.15) is 5.56 Å². The number of nitrogens with zero attached hydrogens (tertiary/aromatic N) is 1. The first-order chi connectivity index (χ1) is 6.48. The van der Waals surface area contributed by atoms with Crippen molar-refractivity contribution in [1.29, 1.82) is 0 Å². The largest absolute Gasteiger partial charge is 0.418 e. The Morgan fingerprint density at radius 3 is 2.53 bits per heavy atom. The van der Waals surface area contributed by atoms with Crippen LogP contribution >= 0.6 is 23.7 Å². The minimum atomic E-state index is -4.37. The topological polar surface area (TPSA) is 38.9 Å². The van der Waals surface area contributed by atoms with Gasteiger partial charge < -0.3 is 5.73 Å². The van der Waals surface area contributed by atoms with Crippen LogP contribution in [-0.4, -0.2) is 4.98 Å². The van der Waals surface area contributed by atoms with Crippen molar-refractivity contribution < 1.29 is 13.2 Å². The quantitative estimate of drug-likeness (QED) is 0.783. The number of rotatable bonds is 0. The third-order valence-electron chi connectivity index (χ3n) is 1.74. The van der Waals surface area contributed by atoms with Crippen LogP contribution < -0.4 is 5.73 Å². The molecule has 7 heteroatoms. The van der Waals surface area contributed by atoms with Crippen LogP contribution in [0.5, 0.6) is 0 Å². The molecule has 1 aromatic carbocycles. The third kappa shape index (κ3) is 2.15. The number of fused-ring (bicyclic) bond motifs is 1. The maximum atomic E-state index is 12.5. The summed E-state index contributed by atoms with van der Waals surface area (Å²) in [5, 5.41) is 0.150. The molecule has 1 aromatic heterocycles. The minimum Gasteiger partial charge on any atom is -0.375 e. The Labute approximate surface area is 93.3 Å². The van der Waals surface area contributed by atoms with E-state index < -0.39 is 11.7 Å². The van der Waals surface area contributed by atoms with E-state index in [1.165, 1.54) is 6.07 Å². The van der Waals surface area contributed by atoms with E-state index in [1.54, 1.807) is 6.07 Å². The van der Waals surface area contributed by atoms with E-state index in [0.29, 0.717) is 4.70 Å². The highest BCUT2D eigenvalue weighted by Gasteiger charge is 2.33. The molecule has 0 fully saturated rings. The number of benzene rings is 1. The maximum absolute atomic E-state index is 12.5. The molecule has 0 spiro atoms. The van der Waals surface area contributed by atoms with Gasteiger partial charge in [-0.1, -0.05) is 17.4 Å². The van der Waals surface area contributed by atoms with Crippen molar-refractivity contribution in [3.8, 4) is 0 Å².